The molecule has 2 amide bonds. The molecule has 6 heteroatoms. The molecule has 0 fully saturated rings. The number of imide groups is 1. The van der Waals surface area contributed by atoms with Gasteiger partial charge in [0.25, 0.3) is 11.8 Å². The number of benzene rings is 7. The van der Waals surface area contributed by atoms with E-state index < -0.39 is 5.91 Å². The second-order valence-corrected chi connectivity index (χ2v) is 14.6. The van der Waals surface area contributed by atoms with Gasteiger partial charge in [-0.3, -0.25) is 14.6 Å². The zero-order valence-corrected chi connectivity index (χ0v) is 31.9. The lowest BCUT2D eigenvalue weighted by Crippen LogP contribution is -2.30. The van der Waals surface area contributed by atoms with Crippen molar-refractivity contribution in [3.8, 4) is 50.2 Å². The summed E-state index contributed by atoms with van der Waals surface area (Å²) in [7, 11) is 0. The molecule has 6 nitrogen and oxygen atoms in total. The van der Waals surface area contributed by atoms with E-state index in [2.05, 4.69) is 70.7 Å². The lowest BCUT2D eigenvalue weighted by molar-refractivity contribution is 0.0926. The lowest BCUT2D eigenvalue weighted by Gasteiger charge is -2.24. The number of carbonyl (C=O) groups excluding carboxylic acids is 2. The molecule has 2 aromatic heterocycles. The SMILES string of the molecule is C=C(/C=C\N)c1ccc2c3ccc(-c4ccncc4)cc3n(-c3cccc4c3C(=O)N(c3c(-c5ccccc5)cc(-c5ccccc5)cc3-c3ccccc3)C4=O)c2c1. The first-order chi connectivity index (χ1) is 29.0. The number of anilines is 1. The topological polar surface area (TPSA) is 81.2 Å². The summed E-state index contributed by atoms with van der Waals surface area (Å²) in [5.41, 5.74) is 18.3. The number of fused-ring (bicyclic) bond motifs is 4. The van der Waals surface area contributed by atoms with Crippen LogP contribution >= 0.6 is 0 Å². The van der Waals surface area contributed by atoms with Gasteiger partial charge >= 0.3 is 0 Å². The van der Waals surface area contributed by atoms with Crippen molar-refractivity contribution in [2.75, 3.05) is 4.90 Å². The van der Waals surface area contributed by atoms with Gasteiger partial charge in [0.05, 0.1) is 33.5 Å². The Morgan fingerprint density at radius 1 is 0.525 bits per heavy atom. The molecule has 1 aliphatic heterocycles. The van der Waals surface area contributed by atoms with E-state index in [4.69, 9.17) is 5.73 Å². The Hall–Kier alpha value is -8.09. The second kappa shape index (κ2) is 14.4. The fraction of sp³-hybridized carbons (Fsp3) is 0. The third-order valence-corrected chi connectivity index (χ3v) is 11.2. The number of allylic oxidation sites excluding steroid dienone is 2. The zero-order chi connectivity index (χ0) is 40.0. The third kappa shape index (κ3) is 5.94. The van der Waals surface area contributed by atoms with Crippen molar-refractivity contribution >= 4 is 44.9 Å². The van der Waals surface area contributed by atoms with Crippen LogP contribution in [0.25, 0.3) is 77.6 Å². The molecule has 0 saturated carbocycles. The minimum Gasteiger partial charge on any atom is -0.405 e. The molecule has 0 spiro atoms. The molecule has 0 aliphatic carbocycles. The van der Waals surface area contributed by atoms with E-state index in [1.807, 2.05) is 109 Å². The van der Waals surface area contributed by atoms with Crippen LogP contribution in [-0.2, 0) is 0 Å². The first-order valence-corrected chi connectivity index (χ1v) is 19.4. The van der Waals surface area contributed by atoms with Gasteiger partial charge in [0.1, 0.15) is 0 Å². The summed E-state index contributed by atoms with van der Waals surface area (Å²) < 4.78 is 2.11. The molecule has 0 bridgehead atoms. The van der Waals surface area contributed by atoms with Crippen LogP contribution in [0.5, 0.6) is 0 Å². The fourth-order valence-electron chi connectivity index (χ4n) is 8.42. The fourth-order valence-corrected chi connectivity index (χ4v) is 8.42. The standard InChI is InChI=1S/C53H36N4O2/c1-34(24-27-54)39-20-22-42-43-23-21-40(36-25-28-55-29-26-36)33-49(43)56(48(42)32-39)47-19-11-18-44-50(47)53(59)57(52(44)58)51-45(37-14-7-3-8-15-37)30-41(35-12-5-2-6-13-35)31-46(51)38-16-9-4-10-17-38/h2-33H,1,54H2/b27-24-. The molecule has 2 N–H and O–H groups in total. The number of nitrogens with zero attached hydrogens (tertiary/aromatic N) is 3. The van der Waals surface area contributed by atoms with Crippen LogP contribution in [0, 0.1) is 0 Å². The van der Waals surface area contributed by atoms with E-state index >= 15 is 9.59 Å². The van der Waals surface area contributed by atoms with Crippen molar-refractivity contribution in [2.24, 2.45) is 5.73 Å². The van der Waals surface area contributed by atoms with Gasteiger partial charge in [0.15, 0.2) is 0 Å². The van der Waals surface area contributed by atoms with Crippen LogP contribution in [0.15, 0.2) is 201 Å². The molecule has 10 rings (SSSR count). The highest BCUT2D eigenvalue weighted by Crippen LogP contribution is 2.47. The van der Waals surface area contributed by atoms with Crippen molar-refractivity contribution in [3.63, 3.8) is 0 Å². The molecule has 9 aromatic rings. The van der Waals surface area contributed by atoms with E-state index in [-0.39, 0.29) is 5.91 Å². The Morgan fingerprint density at radius 3 is 1.73 bits per heavy atom. The zero-order valence-electron chi connectivity index (χ0n) is 31.9. The Labute approximate surface area is 341 Å². The Morgan fingerprint density at radius 2 is 1.10 bits per heavy atom. The molecule has 0 atom stereocenters. The maximum atomic E-state index is 15.5. The molecule has 0 unspecified atom stereocenters. The van der Waals surface area contributed by atoms with Crippen molar-refractivity contribution in [3.05, 3.63) is 218 Å². The number of carbonyl (C=O) groups is 2. The molecule has 7 aromatic carbocycles. The van der Waals surface area contributed by atoms with Gasteiger partial charge in [-0.15, -0.1) is 0 Å². The Bertz CT molecular complexity index is 3090. The van der Waals surface area contributed by atoms with Crippen LogP contribution < -0.4 is 10.6 Å². The highest BCUT2D eigenvalue weighted by atomic mass is 16.2. The van der Waals surface area contributed by atoms with Gasteiger partial charge in [-0.25, -0.2) is 4.90 Å². The molecule has 0 radical (unpaired) electrons. The quantitative estimate of drug-likeness (QED) is 0.123. The number of aromatic nitrogens is 2. The monoisotopic (exact) mass is 760 g/mol. The maximum Gasteiger partial charge on any atom is 0.268 e. The first kappa shape index (κ1) is 35.3. The minimum absolute atomic E-state index is 0.335. The van der Waals surface area contributed by atoms with Crippen molar-refractivity contribution in [2.45, 2.75) is 0 Å². The summed E-state index contributed by atoms with van der Waals surface area (Å²) in [4.78, 5) is 36.2. The largest absolute Gasteiger partial charge is 0.405 e. The molecular formula is C53H36N4O2. The summed E-state index contributed by atoms with van der Waals surface area (Å²) >= 11 is 0. The van der Waals surface area contributed by atoms with Gasteiger partial charge in [-0.1, -0.05) is 128 Å². The number of hydrogen-bond acceptors (Lipinski definition) is 4. The van der Waals surface area contributed by atoms with Crippen LogP contribution in [0.2, 0.25) is 0 Å². The number of amides is 2. The lowest BCUT2D eigenvalue weighted by atomic mass is 9.90. The van der Waals surface area contributed by atoms with Crippen LogP contribution in [-0.4, -0.2) is 21.4 Å². The summed E-state index contributed by atoms with van der Waals surface area (Å²) in [5.74, 6) is -0.775. The van der Waals surface area contributed by atoms with Crippen LogP contribution in [0.4, 0.5) is 5.69 Å². The van der Waals surface area contributed by atoms with Crippen molar-refractivity contribution in [1.82, 2.24) is 9.55 Å². The highest BCUT2D eigenvalue weighted by Gasteiger charge is 2.41. The average molecular weight is 761 g/mol. The second-order valence-electron chi connectivity index (χ2n) is 14.6. The summed E-state index contributed by atoms with van der Waals surface area (Å²) in [5, 5.41) is 2.00. The van der Waals surface area contributed by atoms with E-state index in [0.717, 1.165) is 77.5 Å². The van der Waals surface area contributed by atoms with Gasteiger partial charge in [0.2, 0.25) is 0 Å². The van der Waals surface area contributed by atoms with E-state index in [1.54, 1.807) is 24.5 Å². The van der Waals surface area contributed by atoms with E-state index in [0.29, 0.717) is 22.5 Å². The number of pyridine rings is 1. The van der Waals surface area contributed by atoms with Gasteiger partial charge < -0.3 is 10.3 Å². The smallest absolute Gasteiger partial charge is 0.268 e. The maximum absolute atomic E-state index is 15.5. The molecule has 280 valence electrons. The highest BCUT2D eigenvalue weighted by molar-refractivity contribution is 6.37. The van der Waals surface area contributed by atoms with Crippen LogP contribution in [0.1, 0.15) is 26.3 Å². The molecule has 3 heterocycles. The molecule has 0 saturated heterocycles. The first-order valence-electron chi connectivity index (χ1n) is 19.4. The summed E-state index contributed by atoms with van der Waals surface area (Å²) in [6.45, 7) is 4.26. The van der Waals surface area contributed by atoms with Crippen LogP contribution in [0.3, 0.4) is 0 Å². The molecular weight excluding hydrogens is 725 g/mol. The van der Waals surface area contributed by atoms with Gasteiger partial charge in [0, 0.05) is 34.3 Å². The Kier molecular flexibility index (Phi) is 8.65. The minimum atomic E-state index is -0.394. The van der Waals surface area contributed by atoms with Crippen molar-refractivity contribution < 1.29 is 9.59 Å². The predicted octanol–water partition coefficient (Wildman–Crippen LogP) is 12.1. The number of hydrogen-bond donors (Lipinski definition) is 1. The normalized spacial score (nSPS) is 12.5. The number of rotatable bonds is 8. The summed E-state index contributed by atoms with van der Waals surface area (Å²) in [6, 6.07) is 56.4. The van der Waals surface area contributed by atoms with Gasteiger partial charge in [-0.2, -0.15) is 0 Å². The Balaban J connectivity index is 1.24. The van der Waals surface area contributed by atoms with E-state index in [1.165, 1.54) is 11.1 Å². The predicted molar refractivity (Wildman–Crippen MR) is 240 cm³/mol. The van der Waals surface area contributed by atoms with Crippen molar-refractivity contribution in [1.29, 1.82) is 0 Å². The number of nitrogens with two attached hydrogens (primary N) is 1. The van der Waals surface area contributed by atoms with Gasteiger partial charge in [-0.05, 0) is 105 Å². The molecule has 1 aliphatic rings. The summed E-state index contributed by atoms with van der Waals surface area (Å²) in [6.07, 6.45) is 6.81. The third-order valence-electron chi connectivity index (χ3n) is 11.2. The van der Waals surface area contributed by atoms with E-state index in [9.17, 15) is 0 Å². The average Bonchev–Trinajstić information content (AvgIpc) is 3.76. The molecule has 59 heavy (non-hydrogen) atoms.